The number of hydrogen-bond donors (Lipinski definition) is 1. The number of hydrogen-bond acceptors (Lipinski definition) is 3. The van der Waals surface area contributed by atoms with Gasteiger partial charge in [-0.05, 0) is 12.5 Å². The Morgan fingerprint density at radius 3 is 2.75 bits per heavy atom. The molecule has 0 radical (unpaired) electrons. The molecule has 5 nitrogen and oxygen atoms in total. The average Bonchev–Trinajstić information content (AvgIpc) is 3.04. The number of ether oxygens (including phenoxy) is 1. The van der Waals surface area contributed by atoms with Gasteiger partial charge < -0.3 is 14.7 Å². The van der Waals surface area contributed by atoms with Crippen LogP contribution in [0.15, 0.2) is 24.3 Å². The summed E-state index contributed by atoms with van der Waals surface area (Å²) in [6, 6.07) is 7.65. The first-order chi connectivity index (χ1) is 9.58. The molecular weight excluding hydrogens is 258 g/mol. The van der Waals surface area contributed by atoms with Gasteiger partial charge in [0.2, 0.25) is 0 Å². The summed E-state index contributed by atoms with van der Waals surface area (Å²) in [5.41, 5.74) is 1.04. The summed E-state index contributed by atoms with van der Waals surface area (Å²) in [6.07, 6.45) is -0.00489. The molecule has 0 saturated carbocycles. The minimum atomic E-state index is -0.830. The fourth-order valence-corrected chi connectivity index (χ4v) is 2.97. The molecule has 106 valence electrons. The lowest BCUT2D eigenvalue weighted by molar-refractivity contribution is -0.142. The van der Waals surface area contributed by atoms with Gasteiger partial charge in [-0.15, -0.1) is 0 Å². The summed E-state index contributed by atoms with van der Waals surface area (Å²) in [5, 5.41) is 9.00. The van der Waals surface area contributed by atoms with E-state index in [1.165, 1.54) is 0 Å². The number of benzene rings is 1. The first-order valence-electron chi connectivity index (χ1n) is 6.85. The van der Waals surface area contributed by atoms with E-state index in [0.29, 0.717) is 13.0 Å². The van der Waals surface area contributed by atoms with E-state index < -0.39 is 18.0 Å². The van der Waals surface area contributed by atoms with Crippen LogP contribution in [0.25, 0.3) is 0 Å². The molecule has 0 aliphatic carbocycles. The third-order valence-corrected chi connectivity index (χ3v) is 4.21. The van der Waals surface area contributed by atoms with Gasteiger partial charge in [-0.3, -0.25) is 9.59 Å². The highest BCUT2D eigenvalue weighted by atomic mass is 16.5. The molecule has 1 N–H and O–H groups in total. The van der Waals surface area contributed by atoms with Gasteiger partial charge in [0.05, 0.1) is 5.92 Å². The van der Waals surface area contributed by atoms with Crippen LogP contribution < -0.4 is 4.74 Å². The molecule has 1 aromatic carbocycles. The van der Waals surface area contributed by atoms with Gasteiger partial charge in [0.25, 0.3) is 5.91 Å². The number of nitrogens with zero attached hydrogens (tertiary/aromatic N) is 1. The van der Waals surface area contributed by atoms with Crippen molar-refractivity contribution in [1.29, 1.82) is 0 Å². The van der Waals surface area contributed by atoms with E-state index in [0.717, 1.165) is 11.3 Å². The Morgan fingerprint density at radius 1 is 1.35 bits per heavy atom. The standard InChI is InChI=1S/C15H17NO4/c1-9-11-4-2-3-5-12(11)20-13(9)14(17)16-7-6-10(8-16)15(18)19/h2-5,9-10,13H,6-8H2,1H3,(H,18,19)/t9-,10-,13-/m1/s1. The smallest absolute Gasteiger partial charge is 0.308 e. The molecule has 3 atom stereocenters. The number of carbonyl (C=O) groups excluding carboxylic acids is 1. The molecule has 3 rings (SSSR count). The fraction of sp³-hybridized carbons (Fsp3) is 0.467. The third-order valence-electron chi connectivity index (χ3n) is 4.21. The molecule has 2 aliphatic rings. The maximum atomic E-state index is 12.5. The molecule has 1 amide bonds. The van der Waals surface area contributed by atoms with Crippen LogP contribution in [0.2, 0.25) is 0 Å². The van der Waals surface area contributed by atoms with Crippen molar-refractivity contribution in [2.24, 2.45) is 5.92 Å². The van der Waals surface area contributed by atoms with Crippen molar-refractivity contribution >= 4 is 11.9 Å². The van der Waals surface area contributed by atoms with E-state index >= 15 is 0 Å². The van der Waals surface area contributed by atoms with Crippen molar-refractivity contribution in [3.63, 3.8) is 0 Å². The van der Waals surface area contributed by atoms with Gasteiger partial charge in [0, 0.05) is 24.6 Å². The van der Waals surface area contributed by atoms with Crippen LogP contribution in [0.1, 0.15) is 24.8 Å². The lowest BCUT2D eigenvalue weighted by atomic mass is 9.97. The zero-order valence-electron chi connectivity index (χ0n) is 11.3. The summed E-state index contributed by atoms with van der Waals surface area (Å²) in [4.78, 5) is 25.1. The molecule has 2 heterocycles. The topological polar surface area (TPSA) is 66.8 Å². The first kappa shape index (κ1) is 13.0. The maximum absolute atomic E-state index is 12.5. The molecule has 2 aliphatic heterocycles. The molecule has 0 spiro atoms. The number of para-hydroxylation sites is 1. The molecule has 0 aromatic heterocycles. The summed E-state index contributed by atoms with van der Waals surface area (Å²) < 4.78 is 5.75. The molecule has 5 heteroatoms. The number of carboxylic acid groups (broad SMARTS) is 1. The SMILES string of the molecule is C[C@@H]1c2ccccc2O[C@H]1C(=O)N1CC[C@@H](C(=O)O)C1. The Kier molecular flexibility index (Phi) is 3.12. The van der Waals surface area contributed by atoms with Crippen molar-refractivity contribution in [2.75, 3.05) is 13.1 Å². The second-order valence-electron chi connectivity index (χ2n) is 5.47. The zero-order chi connectivity index (χ0) is 14.3. The molecule has 1 saturated heterocycles. The monoisotopic (exact) mass is 275 g/mol. The lowest BCUT2D eigenvalue weighted by Crippen LogP contribution is -2.41. The van der Waals surface area contributed by atoms with Crippen molar-refractivity contribution in [1.82, 2.24) is 4.90 Å². The fourth-order valence-electron chi connectivity index (χ4n) is 2.97. The average molecular weight is 275 g/mol. The van der Waals surface area contributed by atoms with Crippen LogP contribution in [0, 0.1) is 5.92 Å². The van der Waals surface area contributed by atoms with Crippen molar-refractivity contribution in [3.8, 4) is 5.75 Å². The quantitative estimate of drug-likeness (QED) is 0.888. The summed E-state index contributed by atoms with van der Waals surface area (Å²) >= 11 is 0. The van der Waals surface area contributed by atoms with Crippen LogP contribution in [-0.4, -0.2) is 41.1 Å². The van der Waals surface area contributed by atoms with E-state index in [2.05, 4.69) is 0 Å². The van der Waals surface area contributed by atoms with E-state index in [1.54, 1.807) is 4.90 Å². The Labute approximate surface area is 117 Å². The Bertz CT molecular complexity index is 557. The summed E-state index contributed by atoms with van der Waals surface area (Å²) in [5.74, 6) is -0.616. The molecule has 1 aromatic rings. The Balaban J connectivity index is 1.73. The number of aliphatic carboxylic acids is 1. The predicted molar refractivity (Wildman–Crippen MR) is 71.6 cm³/mol. The second kappa shape index (κ2) is 4.81. The minimum absolute atomic E-state index is 0.00239. The van der Waals surface area contributed by atoms with Crippen LogP contribution in [-0.2, 0) is 9.59 Å². The van der Waals surface area contributed by atoms with Gasteiger partial charge in [-0.2, -0.15) is 0 Å². The van der Waals surface area contributed by atoms with Crippen LogP contribution in [0.3, 0.4) is 0 Å². The number of carboxylic acids is 1. The van der Waals surface area contributed by atoms with Crippen LogP contribution >= 0.6 is 0 Å². The third kappa shape index (κ3) is 2.03. The summed E-state index contributed by atoms with van der Waals surface area (Å²) in [7, 11) is 0. The van der Waals surface area contributed by atoms with Gasteiger partial charge in [-0.25, -0.2) is 0 Å². The summed E-state index contributed by atoms with van der Waals surface area (Å²) in [6.45, 7) is 2.76. The normalized spacial score (nSPS) is 28.1. The Morgan fingerprint density at radius 2 is 2.10 bits per heavy atom. The Hall–Kier alpha value is -2.04. The largest absolute Gasteiger partial charge is 0.481 e. The second-order valence-corrected chi connectivity index (χ2v) is 5.47. The van der Waals surface area contributed by atoms with Crippen molar-refractivity contribution in [3.05, 3.63) is 29.8 Å². The molecule has 1 fully saturated rings. The van der Waals surface area contributed by atoms with Gasteiger partial charge in [0.1, 0.15) is 5.75 Å². The van der Waals surface area contributed by atoms with E-state index in [-0.39, 0.29) is 18.4 Å². The minimum Gasteiger partial charge on any atom is -0.481 e. The molecule has 0 unspecified atom stereocenters. The van der Waals surface area contributed by atoms with Crippen molar-refractivity contribution in [2.45, 2.75) is 25.4 Å². The van der Waals surface area contributed by atoms with Gasteiger partial charge in [-0.1, -0.05) is 25.1 Å². The van der Waals surface area contributed by atoms with Gasteiger partial charge in [0.15, 0.2) is 6.10 Å². The number of amides is 1. The number of likely N-dealkylation sites (tertiary alicyclic amines) is 1. The lowest BCUT2D eigenvalue weighted by Gasteiger charge is -2.22. The van der Waals surface area contributed by atoms with Crippen LogP contribution in [0.4, 0.5) is 0 Å². The highest BCUT2D eigenvalue weighted by molar-refractivity contribution is 5.84. The highest BCUT2D eigenvalue weighted by Crippen LogP contribution is 2.38. The zero-order valence-corrected chi connectivity index (χ0v) is 11.3. The predicted octanol–water partition coefficient (Wildman–Crippen LogP) is 1.48. The number of carbonyl (C=O) groups is 2. The van der Waals surface area contributed by atoms with Gasteiger partial charge >= 0.3 is 5.97 Å². The number of fused-ring (bicyclic) bond motifs is 1. The van der Waals surface area contributed by atoms with E-state index in [1.807, 2.05) is 31.2 Å². The first-order valence-corrected chi connectivity index (χ1v) is 6.85. The van der Waals surface area contributed by atoms with Crippen LogP contribution in [0.5, 0.6) is 5.75 Å². The molecule has 0 bridgehead atoms. The molecule has 20 heavy (non-hydrogen) atoms. The van der Waals surface area contributed by atoms with Crippen molar-refractivity contribution < 1.29 is 19.4 Å². The number of rotatable bonds is 2. The molecular formula is C15H17NO4. The maximum Gasteiger partial charge on any atom is 0.308 e. The highest BCUT2D eigenvalue weighted by Gasteiger charge is 2.41. The van der Waals surface area contributed by atoms with E-state index in [9.17, 15) is 9.59 Å². The van der Waals surface area contributed by atoms with E-state index in [4.69, 9.17) is 9.84 Å².